The van der Waals surface area contributed by atoms with E-state index in [9.17, 15) is 9.59 Å². The summed E-state index contributed by atoms with van der Waals surface area (Å²) in [4.78, 5) is 26.4. The van der Waals surface area contributed by atoms with Crippen molar-refractivity contribution >= 4 is 22.9 Å². The van der Waals surface area contributed by atoms with Crippen molar-refractivity contribution in [1.29, 1.82) is 0 Å². The van der Waals surface area contributed by atoms with E-state index < -0.39 is 0 Å². The summed E-state index contributed by atoms with van der Waals surface area (Å²) in [7, 11) is 0. The van der Waals surface area contributed by atoms with Crippen LogP contribution in [0.25, 0.3) is 0 Å². The Hall–Kier alpha value is -2.31. The van der Waals surface area contributed by atoms with Crippen molar-refractivity contribution in [2.75, 3.05) is 18.8 Å². The molecule has 1 aliphatic heterocycles. The molecule has 3 rings (SSSR count). The molecular weight excluding hydrogens is 394 g/mol. The second-order valence-corrected chi connectivity index (χ2v) is 9.04. The minimum Gasteiger partial charge on any atom is -0.335 e. The van der Waals surface area contributed by atoms with E-state index in [1.165, 1.54) is 17.3 Å². The highest BCUT2D eigenvalue weighted by Gasteiger charge is 2.22. The van der Waals surface area contributed by atoms with Crippen molar-refractivity contribution in [2.45, 2.75) is 44.8 Å². The fourth-order valence-electron chi connectivity index (χ4n) is 3.76. The first-order valence-corrected chi connectivity index (χ1v) is 11.6. The third-order valence-electron chi connectivity index (χ3n) is 5.32. The zero-order chi connectivity index (χ0) is 21.2. The smallest absolute Gasteiger partial charge is 0.315 e. The molecule has 160 valence electrons. The average molecular weight is 426 g/mol. The van der Waals surface area contributed by atoms with E-state index in [0.717, 1.165) is 38.0 Å². The van der Waals surface area contributed by atoms with Gasteiger partial charge in [0.25, 0.3) is 0 Å². The van der Waals surface area contributed by atoms with Crippen LogP contribution in [0.5, 0.6) is 0 Å². The van der Waals surface area contributed by atoms with Crippen molar-refractivity contribution in [3.63, 3.8) is 0 Å². The number of benzene rings is 2. The van der Waals surface area contributed by atoms with Gasteiger partial charge in [-0.15, -0.1) is 0 Å². The van der Waals surface area contributed by atoms with E-state index in [1.54, 1.807) is 6.92 Å². The topological polar surface area (TPSA) is 61.4 Å². The summed E-state index contributed by atoms with van der Waals surface area (Å²) in [5, 5.41) is 6.29. The highest BCUT2D eigenvalue weighted by atomic mass is 32.2. The predicted molar refractivity (Wildman–Crippen MR) is 123 cm³/mol. The first kappa shape index (κ1) is 22.4. The Labute approximate surface area is 183 Å². The third kappa shape index (κ3) is 7.84. The molecule has 0 saturated carbocycles. The molecule has 1 fully saturated rings. The van der Waals surface area contributed by atoms with E-state index in [0.29, 0.717) is 12.2 Å². The number of nitrogens with one attached hydrogen (secondary N) is 2. The molecule has 0 aliphatic carbocycles. The number of hydrogen-bond donors (Lipinski definition) is 2. The van der Waals surface area contributed by atoms with Gasteiger partial charge in [0.05, 0.1) is 0 Å². The molecule has 1 unspecified atom stereocenters. The van der Waals surface area contributed by atoms with Crippen LogP contribution in [0.1, 0.15) is 30.9 Å². The number of nitrogens with zero attached hydrogens (tertiary/aromatic N) is 1. The standard InChI is InChI=1S/C24H31N3O2S/c1-19(28)30-18-23(16-20-8-4-2-5-9-20)26-24(29)25-22-12-14-27(15-13-22)17-21-10-6-3-7-11-21/h2-11,22-23H,12-18H2,1H3,(H2,25,26,29). The molecule has 0 radical (unpaired) electrons. The molecule has 0 spiro atoms. The van der Waals surface area contributed by atoms with Crippen molar-refractivity contribution in [2.24, 2.45) is 0 Å². The van der Waals surface area contributed by atoms with Crippen molar-refractivity contribution in [1.82, 2.24) is 15.5 Å². The lowest BCUT2D eigenvalue weighted by Gasteiger charge is -2.32. The third-order valence-corrected chi connectivity index (χ3v) is 6.30. The van der Waals surface area contributed by atoms with Crippen LogP contribution in [0.2, 0.25) is 0 Å². The first-order chi connectivity index (χ1) is 14.6. The molecule has 1 atom stereocenters. The van der Waals surface area contributed by atoms with Gasteiger partial charge in [-0.05, 0) is 30.4 Å². The Kier molecular flexibility index (Phi) is 8.78. The van der Waals surface area contributed by atoms with Gasteiger partial charge >= 0.3 is 6.03 Å². The molecule has 1 saturated heterocycles. The SMILES string of the molecule is CC(=O)SCC(Cc1ccccc1)NC(=O)NC1CCN(Cc2ccccc2)CC1. The van der Waals surface area contributed by atoms with Gasteiger partial charge in [-0.1, -0.05) is 72.4 Å². The monoisotopic (exact) mass is 425 g/mol. The minimum atomic E-state index is -0.137. The molecule has 5 nitrogen and oxygen atoms in total. The number of hydrogen-bond acceptors (Lipinski definition) is 4. The zero-order valence-corrected chi connectivity index (χ0v) is 18.4. The predicted octanol–water partition coefficient (Wildman–Crippen LogP) is 3.84. The van der Waals surface area contributed by atoms with Gasteiger partial charge in [0, 0.05) is 44.4 Å². The second-order valence-electron chi connectivity index (χ2n) is 7.84. The van der Waals surface area contributed by atoms with Crippen LogP contribution < -0.4 is 10.6 Å². The van der Waals surface area contributed by atoms with Gasteiger partial charge in [0.2, 0.25) is 0 Å². The van der Waals surface area contributed by atoms with Gasteiger partial charge in [-0.2, -0.15) is 0 Å². The number of piperidine rings is 1. The normalized spacial score (nSPS) is 16.0. The second kappa shape index (κ2) is 11.8. The fourth-order valence-corrected chi connectivity index (χ4v) is 4.39. The fraction of sp³-hybridized carbons (Fsp3) is 0.417. The number of carbonyl (C=O) groups excluding carboxylic acids is 2. The Morgan fingerprint density at radius 3 is 2.20 bits per heavy atom. The maximum Gasteiger partial charge on any atom is 0.315 e. The molecule has 1 aliphatic rings. The van der Waals surface area contributed by atoms with E-state index in [-0.39, 0.29) is 23.2 Å². The van der Waals surface area contributed by atoms with Gasteiger partial charge in [0.1, 0.15) is 0 Å². The molecule has 6 heteroatoms. The summed E-state index contributed by atoms with van der Waals surface area (Å²) >= 11 is 1.26. The number of urea groups is 1. The Balaban J connectivity index is 1.44. The van der Waals surface area contributed by atoms with Crippen molar-refractivity contribution in [3.8, 4) is 0 Å². The summed E-state index contributed by atoms with van der Waals surface area (Å²) in [6, 6.07) is 20.5. The summed E-state index contributed by atoms with van der Waals surface area (Å²) in [6.45, 7) is 4.48. The zero-order valence-electron chi connectivity index (χ0n) is 17.5. The Bertz CT molecular complexity index is 793. The summed E-state index contributed by atoms with van der Waals surface area (Å²) in [5.41, 5.74) is 2.48. The van der Waals surface area contributed by atoms with Crippen LogP contribution in [0, 0.1) is 0 Å². The maximum atomic E-state index is 12.6. The summed E-state index contributed by atoms with van der Waals surface area (Å²) < 4.78 is 0. The lowest BCUT2D eigenvalue weighted by Crippen LogP contribution is -2.51. The highest BCUT2D eigenvalue weighted by Crippen LogP contribution is 2.14. The van der Waals surface area contributed by atoms with Gasteiger partial charge < -0.3 is 10.6 Å². The quantitative estimate of drug-likeness (QED) is 0.675. The van der Waals surface area contributed by atoms with Crippen LogP contribution in [0.3, 0.4) is 0 Å². The van der Waals surface area contributed by atoms with Gasteiger partial charge in [-0.25, -0.2) is 4.79 Å². The lowest BCUT2D eigenvalue weighted by molar-refractivity contribution is -0.109. The molecule has 2 aromatic rings. The molecule has 2 aromatic carbocycles. The molecule has 0 bridgehead atoms. The van der Waals surface area contributed by atoms with E-state index in [1.807, 2.05) is 36.4 Å². The van der Waals surface area contributed by atoms with Crippen LogP contribution in [0.4, 0.5) is 4.79 Å². The van der Waals surface area contributed by atoms with Crippen LogP contribution in [-0.2, 0) is 17.8 Å². The average Bonchev–Trinajstić information content (AvgIpc) is 2.75. The maximum absolute atomic E-state index is 12.6. The molecule has 30 heavy (non-hydrogen) atoms. The number of thioether (sulfide) groups is 1. The summed E-state index contributed by atoms with van der Waals surface area (Å²) in [6.07, 6.45) is 2.61. The van der Waals surface area contributed by atoms with Crippen LogP contribution >= 0.6 is 11.8 Å². The molecule has 2 N–H and O–H groups in total. The number of carbonyl (C=O) groups is 2. The van der Waals surface area contributed by atoms with Crippen molar-refractivity contribution < 1.29 is 9.59 Å². The van der Waals surface area contributed by atoms with E-state index >= 15 is 0 Å². The van der Waals surface area contributed by atoms with Crippen LogP contribution in [-0.4, -0.2) is 47.0 Å². The highest BCUT2D eigenvalue weighted by molar-refractivity contribution is 8.13. The van der Waals surface area contributed by atoms with E-state index in [2.05, 4.69) is 39.8 Å². The first-order valence-electron chi connectivity index (χ1n) is 10.6. The largest absolute Gasteiger partial charge is 0.335 e. The molecular formula is C24H31N3O2S. The Morgan fingerprint density at radius 2 is 1.60 bits per heavy atom. The Morgan fingerprint density at radius 1 is 1.00 bits per heavy atom. The molecule has 0 aromatic heterocycles. The van der Waals surface area contributed by atoms with Crippen molar-refractivity contribution in [3.05, 3.63) is 71.8 Å². The lowest BCUT2D eigenvalue weighted by atomic mass is 10.0. The number of rotatable bonds is 8. The number of amides is 2. The number of likely N-dealkylation sites (tertiary alicyclic amines) is 1. The van der Waals surface area contributed by atoms with Gasteiger partial charge in [0.15, 0.2) is 5.12 Å². The van der Waals surface area contributed by atoms with Gasteiger partial charge in [-0.3, -0.25) is 9.69 Å². The van der Waals surface area contributed by atoms with Crippen LogP contribution in [0.15, 0.2) is 60.7 Å². The summed E-state index contributed by atoms with van der Waals surface area (Å²) in [5.74, 6) is 0.577. The minimum absolute atomic E-state index is 0.0704. The molecule has 2 amide bonds. The molecule has 1 heterocycles. The van der Waals surface area contributed by atoms with E-state index in [4.69, 9.17) is 0 Å².